The zero-order valence-corrected chi connectivity index (χ0v) is 11.6. The van der Waals surface area contributed by atoms with Gasteiger partial charge in [0.15, 0.2) is 0 Å². The summed E-state index contributed by atoms with van der Waals surface area (Å²) in [6, 6.07) is 4.29. The normalized spacial score (nSPS) is 16.1. The highest BCUT2D eigenvalue weighted by Crippen LogP contribution is 2.36. The molecule has 0 bridgehead atoms. The molecule has 1 aromatic heterocycles. The van der Waals surface area contributed by atoms with Gasteiger partial charge in [0.25, 0.3) is 0 Å². The molecular formula is C14H22N4O. The van der Waals surface area contributed by atoms with Crippen LogP contribution in [0.5, 0.6) is 0 Å². The lowest BCUT2D eigenvalue weighted by Gasteiger charge is -2.31. The van der Waals surface area contributed by atoms with Crippen LogP contribution in [0.4, 0.5) is 5.69 Å². The van der Waals surface area contributed by atoms with Gasteiger partial charge in [-0.15, -0.1) is 0 Å². The van der Waals surface area contributed by atoms with Crippen LogP contribution in [0.1, 0.15) is 25.5 Å². The molecule has 104 valence electrons. The predicted octanol–water partition coefficient (Wildman–Crippen LogP) is 1.62. The van der Waals surface area contributed by atoms with Crippen molar-refractivity contribution in [3.8, 4) is 0 Å². The number of ether oxygens (including phenoxy) is 1. The SMILES string of the molecule is COCCN(c1ccc(C(=N)N)nc1)C(C)C1CC1. The van der Waals surface area contributed by atoms with E-state index < -0.39 is 0 Å². The second kappa shape index (κ2) is 6.02. The van der Waals surface area contributed by atoms with E-state index in [9.17, 15) is 0 Å². The molecule has 5 heteroatoms. The Morgan fingerprint density at radius 3 is 2.79 bits per heavy atom. The summed E-state index contributed by atoms with van der Waals surface area (Å²) in [6.45, 7) is 3.81. The van der Waals surface area contributed by atoms with E-state index in [-0.39, 0.29) is 5.84 Å². The largest absolute Gasteiger partial charge is 0.383 e. The van der Waals surface area contributed by atoms with E-state index in [1.54, 1.807) is 19.4 Å². The fourth-order valence-electron chi connectivity index (χ4n) is 2.31. The molecule has 0 spiro atoms. The molecule has 1 atom stereocenters. The molecule has 1 saturated carbocycles. The molecule has 1 aliphatic carbocycles. The van der Waals surface area contributed by atoms with Crippen LogP contribution >= 0.6 is 0 Å². The predicted molar refractivity (Wildman–Crippen MR) is 76.7 cm³/mol. The summed E-state index contributed by atoms with van der Waals surface area (Å²) in [5, 5.41) is 7.37. The molecule has 5 nitrogen and oxygen atoms in total. The van der Waals surface area contributed by atoms with E-state index >= 15 is 0 Å². The van der Waals surface area contributed by atoms with Crippen LogP contribution in [0.25, 0.3) is 0 Å². The Labute approximate surface area is 114 Å². The second-order valence-corrected chi connectivity index (χ2v) is 5.08. The van der Waals surface area contributed by atoms with E-state index in [0.29, 0.717) is 18.3 Å². The molecule has 19 heavy (non-hydrogen) atoms. The van der Waals surface area contributed by atoms with Crippen molar-refractivity contribution < 1.29 is 4.74 Å². The molecule has 1 heterocycles. The summed E-state index contributed by atoms with van der Waals surface area (Å²) in [5.41, 5.74) is 7.02. The Bertz CT molecular complexity index is 428. The minimum Gasteiger partial charge on any atom is -0.383 e. The van der Waals surface area contributed by atoms with Crippen molar-refractivity contribution in [2.24, 2.45) is 11.7 Å². The van der Waals surface area contributed by atoms with E-state index in [2.05, 4.69) is 16.8 Å². The Hall–Kier alpha value is -1.62. The first kappa shape index (κ1) is 13.8. The number of nitrogens with two attached hydrogens (primary N) is 1. The lowest BCUT2D eigenvalue weighted by Crippen LogP contribution is -2.37. The quantitative estimate of drug-likeness (QED) is 0.578. The first-order valence-corrected chi connectivity index (χ1v) is 6.69. The Morgan fingerprint density at radius 1 is 1.58 bits per heavy atom. The van der Waals surface area contributed by atoms with Gasteiger partial charge < -0.3 is 15.4 Å². The summed E-state index contributed by atoms with van der Waals surface area (Å²) >= 11 is 0. The molecule has 0 aromatic carbocycles. The molecule has 1 aliphatic rings. The standard InChI is InChI=1S/C14H22N4O/c1-10(11-3-4-11)18(7-8-19-2)12-5-6-13(14(15)16)17-9-12/h5-6,9-11H,3-4,7-8H2,1-2H3,(H3,15,16). The molecule has 0 aliphatic heterocycles. The van der Waals surface area contributed by atoms with Gasteiger partial charge in [-0.25, -0.2) is 0 Å². The van der Waals surface area contributed by atoms with Gasteiger partial charge in [0, 0.05) is 19.7 Å². The smallest absolute Gasteiger partial charge is 0.141 e. The van der Waals surface area contributed by atoms with Crippen LogP contribution in [0.2, 0.25) is 0 Å². The monoisotopic (exact) mass is 262 g/mol. The molecule has 2 rings (SSSR count). The van der Waals surface area contributed by atoms with Crippen molar-refractivity contribution >= 4 is 11.5 Å². The summed E-state index contributed by atoms with van der Waals surface area (Å²) in [4.78, 5) is 6.57. The lowest BCUT2D eigenvalue weighted by molar-refractivity contribution is 0.202. The number of rotatable bonds is 7. The number of methoxy groups -OCH3 is 1. The van der Waals surface area contributed by atoms with Crippen molar-refractivity contribution in [3.63, 3.8) is 0 Å². The molecule has 1 unspecified atom stereocenters. The summed E-state index contributed by atoms with van der Waals surface area (Å²) < 4.78 is 5.19. The maximum atomic E-state index is 7.37. The van der Waals surface area contributed by atoms with Gasteiger partial charge >= 0.3 is 0 Å². The highest BCUT2D eigenvalue weighted by molar-refractivity contribution is 5.93. The third-order valence-corrected chi connectivity index (χ3v) is 3.69. The van der Waals surface area contributed by atoms with Gasteiger partial charge in [0.1, 0.15) is 11.5 Å². The second-order valence-electron chi connectivity index (χ2n) is 5.08. The fourth-order valence-corrected chi connectivity index (χ4v) is 2.31. The minimum atomic E-state index is 0.00485. The minimum absolute atomic E-state index is 0.00485. The summed E-state index contributed by atoms with van der Waals surface area (Å²) in [6.07, 6.45) is 4.42. The van der Waals surface area contributed by atoms with Gasteiger partial charge in [0.2, 0.25) is 0 Å². The average molecular weight is 262 g/mol. The maximum absolute atomic E-state index is 7.37. The first-order chi connectivity index (χ1) is 9.13. The molecule has 1 fully saturated rings. The topological polar surface area (TPSA) is 75.2 Å². The van der Waals surface area contributed by atoms with Gasteiger partial charge in [-0.1, -0.05) is 0 Å². The molecule has 3 N–H and O–H groups in total. The maximum Gasteiger partial charge on any atom is 0.141 e. The third-order valence-electron chi connectivity index (χ3n) is 3.69. The van der Waals surface area contributed by atoms with Crippen LogP contribution in [0.3, 0.4) is 0 Å². The zero-order valence-electron chi connectivity index (χ0n) is 11.6. The number of aromatic nitrogens is 1. The Balaban J connectivity index is 2.13. The number of hydrogen-bond donors (Lipinski definition) is 2. The zero-order chi connectivity index (χ0) is 13.8. The van der Waals surface area contributed by atoms with Gasteiger partial charge in [-0.3, -0.25) is 10.4 Å². The number of nitrogen functional groups attached to an aromatic ring is 1. The van der Waals surface area contributed by atoms with Crippen molar-refractivity contribution in [1.82, 2.24) is 4.98 Å². The average Bonchev–Trinajstić information content (AvgIpc) is 3.23. The number of anilines is 1. The van der Waals surface area contributed by atoms with Gasteiger partial charge in [-0.05, 0) is 37.8 Å². The number of pyridine rings is 1. The molecular weight excluding hydrogens is 240 g/mol. The molecule has 0 saturated heterocycles. The Morgan fingerprint density at radius 2 is 2.32 bits per heavy atom. The van der Waals surface area contributed by atoms with Crippen molar-refractivity contribution in [2.75, 3.05) is 25.2 Å². The number of nitrogens with one attached hydrogen (secondary N) is 1. The highest BCUT2D eigenvalue weighted by atomic mass is 16.5. The van der Waals surface area contributed by atoms with Gasteiger partial charge in [-0.2, -0.15) is 0 Å². The van der Waals surface area contributed by atoms with Crippen LogP contribution in [-0.4, -0.2) is 37.1 Å². The van der Waals surface area contributed by atoms with Crippen molar-refractivity contribution in [2.45, 2.75) is 25.8 Å². The summed E-state index contributed by atoms with van der Waals surface area (Å²) in [7, 11) is 1.72. The summed E-state index contributed by atoms with van der Waals surface area (Å²) in [5.74, 6) is 0.787. The van der Waals surface area contributed by atoms with Crippen LogP contribution in [0, 0.1) is 11.3 Å². The van der Waals surface area contributed by atoms with Crippen LogP contribution in [-0.2, 0) is 4.74 Å². The van der Waals surface area contributed by atoms with Crippen LogP contribution < -0.4 is 10.6 Å². The van der Waals surface area contributed by atoms with Crippen molar-refractivity contribution in [3.05, 3.63) is 24.0 Å². The third kappa shape index (κ3) is 3.44. The van der Waals surface area contributed by atoms with E-state index in [0.717, 1.165) is 18.2 Å². The number of amidine groups is 1. The van der Waals surface area contributed by atoms with Crippen molar-refractivity contribution in [1.29, 1.82) is 5.41 Å². The van der Waals surface area contributed by atoms with E-state index in [1.807, 2.05) is 6.07 Å². The molecule has 1 aromatic rings. The fraction of sp³-hybridized carbons (Fsp3) is 0.571. The van der Waals surface area contributed by atoms with E-state index in [1.165, 1.54) is 12.8 Å². The lowest BCUT2D eigenvalue weighted by atomic mass is 10.1. The molecule has 0 radical (unpaired) electrons. The number of nitrogens with zero attached hydrogens (tertiary/aromatic N) is 2. The number of hydrogen-bond acceptors (Lipinski definition) is 4. The highest BCUT2D eigenvalue weighted by Gasteiger charge is 2.32. The van der Waals surface area contributed by atoms with E-state index in [4.69, 9.17) is 15.9 Å². The first-order valence-electron chi connectivity index (χ1n) is 6.69. The van der Waals surface area contributed by atoms with Crippen LogP contribution in [0.15, 0.2) is 18.3 Å². The van der Waals surface area contributed by atoms with Gasteiger partial charge in [0.05, 0.1) is 18.5 Å². The Kier molecular flexibility index (Phi) is 4.37. The molecule has 0 amide bonds.